The monoisotopic (exact) mass is 281 g/mol. The van der Waals surface area contributed by atoms with Gasteiger partial charge in [-0.2, -0.15) is 0 Å². The number of nitrogens with two attached hydrogens (primary N) is 1. The maximum Gasteiger partial charge on any atom is 0.224 e. The van der Waals surface area contributed by atoms with Gasteiger partial charge in [0.05, 0.1) is 6.04 Å². The fourth-order valence-electron chi connectivity index (χ4n) is 2.42. The highest BCUT2D eigenvalue weighted by atomic mass is 32.1. The second-order valence-corrected chi connectivity index (χ2v) is 6.14. The highest BCUT2D eigenvalue weighted by Crippen LogP contribution is 2.27. The van der Waals surface area contributed by atoms with Crippen LogP contribution in [-0.4, -0.2) is 37.0 Å². The van der Waals surface area contributed by atoms with E-state index in [1.807, 2.05) is 6.92 Å². The highest BCUT2D eigenvalue weighted by molar-refractivity contribution is 7.10. The fourth-order valence-corrected chi connectivity index (χ4v) is 3.28. The molecule has 19 heavy (non-hydrogen) atoms. The summed E-state index contributed by atoms with van der Waals surface area (Å²) in [6, 6.07) is 4.55. The van der Waals surface area contributed by atoms with Gasteiger partial charge >= 0.3 is 0 Å². The molecule has 1 amide bonds. The van der Waals surface area contributed by atoms with Crippen LogP contribution in [0.2, 0.25) is 0 Å². The maximum absolute atomic E-state index is 11.9. The van der Waals surface area contributed by atoms with Gasteiger partial charge in [-0.25, -0.2) is 0 Å². The Labute approximate surface area is 119 Å². The average molecular weight is 281 g/mol. The van der Waals surface area contributed by atoms with Crippen LogP contribution in [0.4, 0.5) is 0 Å². The standard InChI is InChI=1S/C14H23N3OS/c1-11(9-15)14(18)16-10-12(13-5-4-8-19-13)17-6-2-3-7-17/h4-5,8,11-12H,2-3,6-7,9-10,15H2,1H3,(H,16,18). The number of carbonyl (C=O) groups is 1. The number of likely N-dealkylation sites (tertiary alicyclic amines) is 1. The number of amides is 1. The number of hydrogen-bond donors (Lipinski definition) is 2. The Morgan fingerprint density at radius 2 is 2.26 bits per heavy atom. The van der Waals surface area contributed by atoms with Crippen molar-refractivity contribution >= 4 is 17.2 Å². The van der Waals surface area contributed by atoms with Crippen LogP contribution in [0, 0.1) is 5.92 Å². The van der Waals surface area contributed by atoms with Gasteiger partial charge in [0.2, 0.25) is 5.91 Å². The number of nitrogens with zero attached hydrogens (tertiary/aromatic N) is 1. The molecule has 0 spiro atoms. The Balaban J connectivity index is 1.96. The quantitative estimate of drug-likeness (QED) is 0.832. The zero-order valence-electron chi connectivity index (χ0n) is 11.5. The van der Waals surface area contributed by atoms with Crippen LogP contribution in [-0.2, 0) is 4.79 Å². The van der Waals surface area contributed by atoms with Crippen LogP contribution in [0.1, 0.15) is 30.7 Å². The molecule has 106 valence electrons. The van der Waals surface area contributed by atoms with E-state index in [0.717, 1.165) is 13.1 Å². The predicted octanol–water partition coefficient (Wildman–Crippen LogP) is 1.60. The lowest BCUT2D eigenvalue weighted by Crippen LogP contribution is -2.39. The summed E-state index contributed by atoms with van der Waals surface area (Å²) in [7, 11) is 0. The van der Waals surface area contributed by atoms with E-state index in [0.29, 0.717) is 19.1 Å². The molecular weight excluding hydrogens is 258 g/mol. The molecule has 2 rings (SSSR count). The first-order chi connectivity index (χ1) is 9.22. The Morgan fingerprint density at radius 3 is 2.84 bits per heavy atom. The molecule has 1 aliphatic rings. The molecule has 2 atom stereocenters. The van der Waals surface area contributed by atoms with Gasteiger partial charge in [0.1, 0.15) is 0 Å². The molecule has 2 heterocycles. The molecular formula is C14H23N3OS. The van der Waals surface area contributed by atoms with Crippen molar-refractivity contribution in [1.82, 2.24) is 10.2 Å². The van der Waals surface area contributed by atoms with Gasteiger partial charge in [-0.3, -0.25) is 9.69 Å². The first kappa shape index (κ1) is 14.5. The smallest absolute Gasteiger partial charge is 0.224 e. The van der Waals surface area contributed by atoms with E-state index < -0.39 is 0 Å². The van der Waals surface area contributed by atoms with E-state index in [1.54, 1.807) is 11.3 Å². The number of hydrogen-bond acceptors (Lipinski definition) is 4. The third kappa shape index (κ3) is 3.78. The molecule has 1 aromatic rings. The van der Waals surface area contributed by atoms with Gasteiger partial charge in [0.25, 0.3) is 0 Å². The summed E-state index contributed by atoms with van der Waals surface area (Å²) >= 11 is 1.77. The fraction of sp³-hybridized carbons (Fsp3) is 0.643. The molecule has 1 aromatic heterocycles. The lowest BCUT2D eigenvalue weighted by Gasteiger charge is -2.27. The number of nitrogens with one attached hydrogen (secondary N) is 1. The largest absolute Gasteiger partial charge is 0.354 e. The zero-order valence-corrected chi connectivity index (χ0v) is 12.3. The Hall–Kier alpha value is -0.910. The van der Waals surface area contributed by atoms with Gasteiger partial charge in [-0.1, -0.05) is 13.0 Å². The molecule has 4 nitrogen and oxygen atoms in total. The molecule has 0 aromatic carbocycles. The molecule has 0 radical (unpaired) electrons. The van der Waals surface area contributed by atoms with Crippen LogP contribution >= 0.6 is 11.3 Å². The molecule has 0 saturated carbocycles. The summed E-state index contributed by atoms with van der Waals surface area (Å²) in [5.74, 6) is -0.0502. The van der Waals surface area contributed by atoms with E-state index >= 15 is 0 Å². The van der Waals surface area contributed by atoms with E-state index in [4.69, 9.17) is 5.73 Å². The van der Waals surface area contributed by atoms with Crippen molar-refractivity contribution in [1.29, 1.82) is 0 Å². The van der Waals surface area contributed by atoms with Gasteiger partial charge in [-0.15, -0.1) is 11.3 Å². The molecule has 0 bridgehead atoms. The predicted molar refractivity (Wildman–Crippen MR) is 79.1 cm³/mol. The Kier molecular flexibility index (Phi) is 5.36. The number of thiophene rings is 1. The molecule has 3 N–H and O–H groups in total. The summed E-state index contributed by atoms with van der Waals surface area (Å²) in [5.41, 5.74) is 5.53. The van der Waals surface area contributed by atoms with Crippen LogP contribution in [0.3, 0.4) is 0 Å². The number of rotatable bonds is 6. The van der Waals surface area contributed by atoms with Crippen molar-refractivity contribution in [3.05, 3.63) is 22.4 Å². The molecule has 1 saturated heterocycles. The molecule has 5 heteroatoms. The minimum Gasteiger partial charge on any atom is -0.354 e. The normalized spacial score (nSPS) is 19.3. The minimum absolute atomic E-state index is 0.0586. The molecule has 2 unspecified atom stereocenters. The first-order valence-corrected chi connectivity index (χ1v) is 7.85. The summed E-state index contributed by atoms with van der Waals surface area (Å²) in [5, 5.41) is 5.14. The minimum atomic E-state index is -0.109. The maximum atomic E-state index is 11.9. The van der Waals surface area contributed by atoms with Gasteiger partial charge in [0.15, 0.2) is 0 Å². The lowest BCUT2D eigenvalue weighted by atomic mass is 10.1. The third-order valence-electron chi connectivity index (χ3n) is 3.72. The third-order valence-corrected chi connectivity index (χ3v) is 4.70. The van der Waals surface area contributed by atoms with Gasteiger partial charge in [0, 0.05) is 23.9 Å². The second kappa shape index (κ2) is 7.03. The van der Waals surface area contributed by atoms with Crippen LogP contribution < -0.4 is 11.1 Å². The highest BCUT2D eigenvalue weighted by Gasteiger charge is 2.25. The average Bonchev–Trinajstić information content (AvgIpc) is 3.11. The summed E-state index contributed by atoms with van der Waals surface area (Å²) in [4.78, 5) is 15.7. The van der Waals surface area contributed by atoms with Crippen molar-refractivity contribution in [2.45, 2.75) is 25.8 Å². The molecule has 1 aliphatic heterocycles. The van der Waals surface area contributed by atoms with Crippen molar-refractivity contribution in [2.24, 2.45) is 11.7 Å². The second-order valence-electron chi connectivity index (χ2n) is 5.16. The van der Waals surface area contributed by atoms with Crippen molar-refractivity contribution in [3.63, 3.8) is 0 Å². The number of carbonyl (C=O) groups excluding carboxylic acids is 1. The van der Waals surface area contributed by atoms with Gasteiger partial charge < -0.3 is 11.1 Å². The SMILES string of the molecule is CC(CN)C(=O)NCC(c1cccs1)N1CCCC1. The zero-order chi connectivity index (χ0) is 13.7. The topological polar surface area (TPSA) is 58.4 Å². The van der Waals surface area contributed by atoms with Crippen molar-refractivity contribution in [2.75, 3.05) is 26.2 Å². The van der Waals surface area contributed by atoms with Crippen LogP contribution in [0.5, 0.6) is 0 Å². The van der Waals surface area contributed by atoms with Crippen molar-refractivity contribution < 1.29 is 4.79 Å². The summed E-state index contributed by atoms with van der Waals surface area (Å²) in [6.07, 6.45) is 2.52. The Bertz CT molecular complexity index is 387. The first-order valence-electron chi connectivity index (χ1n) is 6.97. The van der Waals surface area contributed by atoms with Crippen LogP contribution in [0.15, 0.2) is 17.5 Å². The van der Waals surface area contributed by atoms with Crippen LogP contribution in [0.25, 0.3) is 0 Å². The Morgan fingerprint density at radius 1 is 1.53 bits per heavy atom. The van der Waals surface area contributed by atoms with E-state index in [2.05, 4.69) is 27.7 Å². The van der Waals surface area contributed by atoms with E-state index in [-0.39, 0.29) is 11.8 Å². The van der Waals surface area contributed by atoms with Gasteiger partial charge in [-0.05, 0) is 37.4 Å². The molecule has 0 aliphatic carbocycles. The van der Waals surface area contributed by atoms with E-state index in [9.17, 15) is 4.79 Å². The summed E-state index contributed by atoms with van der Waals surface area (Å²) < 4.78 is 0. The van der Waals surface area contributed by atoms with E-state index in [1.165, 1.54) is 17.7 Å². The summed E-state index contributed by atoms with van der Waals surface area (Å²) in [6.45, 7) is 5.21. The lowest BCUT2D eigenvalue weighted by molar-refractivity contribution is -0.124. The van der Waals surface area contributed by atoms with Crippen molar-refractivity contribution in [3.8, 4) is 0 Å². The molecule has 1 fully saturated rings.